The Hall–Kier alpha value is -1.73. The molecule has 2 N–H and O–H groups in total. The Bertz CT molecular complexity index is 612. The second-order valence-electron chi connectivity index (χ2n) is 5.87. The molecule has 0 saturated carbocycles. The molecule has 1 saturated heterocycles. The highest BCUT2D eigenvalue weighted by molar-refractivity contribution is 5.44. The largest absolute Gasteiger partial charge is 0.389 e. The van der Waals surface area contributed by atoms with Crippen LogP contribution in [0.5, 0.6) is 0 Å². The van der Waals surface area contributed by atoms with Crippen LogP contribution in [0.3, 0.4) is 0 Å². The summed E-state index contributed by atoms with van der Waals surface area (Å²) in [7, 11) is 0. The number of nitrogens with zero attached hydrogens (tertiary/aromatic N) is 4. The van der Waals surface area contributed by atoms with E-state index in [1.807, 2.05) is 4.52 Å². The van der Waals surface area contributed by atoms with E-state index in [0.717, 1.165) is 24.2 Å². The van der Waals surface area contributed by atoms with E-state index in [4.69, 9.17) is 4.74 Å². The lowest BCUT2D eigenvalue weighted by Gasteiger charge is -2.28. The van der Waals surface area contributed by atoms with Gasteiger partial charge in [-0.15, -0.1) is 5.10 Å². The van der Waals surface area contributed by atoms with Gasteiger partial charge >= 0.3 is 0 Å². The van der Waals surface area contributed by atoms with E-state index < -0.39 is 6.10 Å². The Kier molecular flexibility index (Phi) is 4.03. The summed E-state index contributed by atoms with van der Waals surface area (Å²) in [6, 6.07) is -0.0757. The number of fused-ring (bicyclic) bond motifs is 1. The Morgan fingerprint density at radius 1 is 1.43 bits per heavy atom. The van der Waals surface area contributed by atoms with E-state index in [9.17, 15) is 5.11 Å². The maximum absolute atomic E-state index is 9.91. The van der Waals surface area contributed by atoms with Crippen LogP contribution in [0, 0.1) is 5.92 Å². The fourth-order valence-electron chi connectivity index (χ4n) is 2.48. The first-order chi connectivity index (χ1) is 10.1. The van der Waals surface area contributed by atoms with Crippen LogP contribution in [-0.4, -0.2) is 50.0 Å². The number of imidazole rings is 1. The summed E-state index contributed by atoms with van der Waals surface area (Å²) in [4.78, 5) is 8.69. The van der Waals surface area contributed by atoms with E-state index in [0.29, 0.717) is 25.1 Å². The number of ether oxygens (including phenoxy) is 1. The quantitative estimate of drug-likeness (QED) is 0.870. The van der Waals surface area contributed by atoms with Crippen LogP contribution in [0.15, 0.2) is 12.4 Å². The molecule has 0 bridgehead atoms. The number of hydrogen-bond acceptors (Lipinski definition) is 6. The van der Waals surface area contributed by atoms with Crippen LogP contribution in [0.1, 0.15) is 26.1 Å². The summed E-state index contributed by atoms with van der Waals surface area (Å²) >= 11 is 0. The van der Waals surface area contributed by atoms with Gasteiger partial charge in [0.15, 0.2) is 0 Å². The van der Waals surface area contributed by atoms with Gasteiger partial charge in [0.1, 0.15) is 11.3 Å². The Balaban J connectivity index is 1.82. The van der Waals surface area contributed by atoms with Crippen molar-refractivity contribution in [3.8, 4) is 0 Å². The standard InChI is InChI=1S/C14H21N5O2/c1-9(2)5-13-15-6-10-7-16-14(18-19(10)13)17-11-3-4-21-8-12(11)20/h6-7,9,11-12,20H,3-5,8H2,1-2H3,(H,17,18)/t11-,12-/m1/s1. The third kappa shape index (κ3) is 3.14. The van der Waals surface area contributed by atoms with Crippen LogP contribution in [-0.2, 0) is 11.2 Å². The molecule has 3 rings (SSSR count). The van der Waals surface area contributed by atoms with Crippen LogP contribution in [0.25, 0.3) is 5.52 Å². The summed E-state index contributed by atoms with van der Waals surface area (Å²) in [6.07, 6.45) is 4.61. The minimum atomic E-state index is -0.532. The molecular formula is C14H21N5O2. The number of aliphatic hydroxyl groups is 1. The molecule has 7 nitrogen and oxygen atoms in total. The normalized spacial score (nSPS) is 22.9. The van der Waals surface area contributed by atoms with Gasteiger partial charge in [-0.2, -0.15) is 0 Å². The molecule has 0 amide bonds. The van der Waals surface area contributed by atoms with Gasteiger partial charge in [0.2, 0.25) is 5.95 Å². The summed E-state index contributed by atoms with van der Waals surface area (Å²) in [5.41, 5.74) is 0.878. The topological polar surface area (TPSA) is 84.6 Å². The summed E-state index contributed by atoms with van der Waals surface area (Å²) in [5.74, 6) is 1.95. The lowest BCUT2D eigenvalue weighted by Crippen LogP contribution is -2.42. The summed E-state index contributed by atoms with van der Waals surface area (Å²) < 4.78 is 7.04. The fourth-order valence-corrected chi connectivity index (χ4v) is 2.48. The average molecular weight is 291 g/mol. The monoisotopic (exact) mass is 291 g/mol. The molecule has 2 aromatic heterocycles. The molecule has 21 heavy (non-hydrogen) atoms. The Morgan fingerprint density at radius 2 is 2.24 bits per heavy atom. The highest BCUT2D eigenvalue weighted by Crippen LogP contribution is 2.14. The van der Waals surface area contributed by atoms with Crippen molar-refractivity contribution in [2.45, 2.75) is 38.8 Å². The summed E-state index contributed by atoms with van der Waals surface area (Å²) in [6.45, 7) is 5.30. The second kappa shape index (κ2) is 5.95. The first-order valence-electron chi connectivity index (χ1n) is 7.35. The van der Waals surface area contributed by atoms with Gasteiger partial charge in [-0.3, -0.25) is 0 Å². The van der Waals surface area contributed by atoms with Gasteiger partial charge < -0.3 is 15.2 Å². The predicted molar refractivity (Wildman–Crippen MR) is 78.2 cm³/mol. The third-order valence-corrected chi connectivity index (χ3v) is 3.58. The van der Waals surface area contributed by atoms with Gasteiger partial charge in [-0.25, -0.2) is 14.5 Å². The molecule has 0 radical (unpaired) electrons. The Labute approximate surface area is 123 Å². The van der Waals surface area contributed by atoms with Gasteiger partial charge in [0, 0.05) is 13.0 Å². The van der Waals surface area contributed by atoms with Crippen molar-refractivity contribution < 1.29 is 9.84 Å². The van der Waals surface area contributed by atoms with E-state index in [1.165, 1.54) is 0 Å². The zero-order chi connectivity index (χ0) is 14.8. The molecule has 2 atom stereocenters. The van der Waals surface area contributed by atoms with Crippen LogP contribution in [0.2, 0.25) is 0 Å². The van der Waals surface area contributed by atoms with Crippen LogP contribution >= 0.6 is 0 Å². The van der Waals surface area contributed by atoms with Crippen molar-refractivity contribution in [1.29, 1.82) is 0 Å². The molecule has 1 aliphatic rings. The van der Waals surface area contributed by atoms with Crippen molar-refractivity contribution in [3.05, 3.63) is 18.2 Å². The zero-order valence-corrected chi connectivity index (χ0v) is 12.4. The molecular weight excluding hydrogens is 270 g/mol. The second-order valence-corrected chi connectivity index (χ2v) is 5.87. The molecule has 3 heterocycles. The number of rotatable bonds is 4. The van der Waals surface area contributed by atoms with Gasteiger partial charge in [-0.05, 0) is 12.3 Å². The molecule has 0 unspecified atom stereocenters. The maximum atomic E-state index is 9.91. The lowest BCUT2D eigenvalue weighted by molar-refractivity contribution is -0.0136. The van der Waals surface area contributed by atoms with Crippen molar-refractivity contribution >= 4 is 11.5 Å². The SMILES string of the molecule is CC(C)Cc1ncc2cnc(N[C@@H]3CCOC[C@H]3O)nn12. The first-order valence-corrected chi connectivity index (χ1v) is 7.35. The van der Waals surface area contributed by atoms with Gasteiger partial charge in [-0.1, -0.05) is 13.8 Å². The minimum Gasteiger partial charge on any atom is -0.389 e. The molecule has 0 aliphatic carbocycles. The van der Waals surface area contributed by atoms with Crippen molar-refractivity contribution in [1.82, 2.24) is 19.6 Å². The van der Waals surface area contributed by atoms with Crippen molar-refractivity contribution in [2.24, 2.45) is 5.92 Å². The maximum Gasteiger partial charge on any atom is 0.241 e. The Morgan fingerprint density at radius 3 is 3.00 bits per heavy atom. The molecule has 0 aromatic carbocycles. The highest BCUT2D eigenvalue weighted by atomic mass is 16.5. The van der Waals surface area contributed by atoms with E-state index >= 15 is 0 Å². The predicted octanol–water partition coefficient (Wildman–Crippen LogP) is 0.884. The molecule has 2 aromatic rings. The molecule has 114 valence electrons. The molecule has 1 fully saturated rings. The number of hydrogen-bond donors (Lipinski definition) is 2. The smallest absolute Gasteiger partial charge is 0.241 e. The number of aromatic nitrogens is 4. The van der Waals surface area contributed by atoms with Crippen molar-refractivity contribution in [2.75, 3.05) is 18.5 Å². The first kappa shape index (κ1) is 14.2. The fraction of sp³-hybridized carbons (Fsp3) is 0.643. The highest BCUT2D eigenvalue weighted by Gasteiger charge is 2.24. The average Bonchev–Trinajstić information content (AvgIpc) is 2.83. The summed E-state index contributed by atoms with van der Waals surface area (Å²) in [5, 5.41) is 17.6. The van der Waals surface area contributed by atoms with E-state index in [2.05, 4.69) is 34.2 Å². The number of anilines is 1. The van der Waals surface area contributed by atoms with Crippen LogP contribution in [0.4, 0.5) is 5.95 Å². The number of aliphatic hydroxyl groups excluding tert-OH is 1. The van der Waals surface area contributed by atoms with E-state index in [-0.39, 0.29) is 6.04 Å². The molecule has 7 heteroatoms. The van der Waals surface area contributed by atoms with Crippen molar-refractivity contribution in [3.63, 3.8) is 0 Å². The van der Waals surface area contributed by atoms with Gasteiger partial charge in [0.25, 0.3) is 0 Å². The number of nitrogens with one attached hydrogen (secondary N) is 1. The molecule has 1 aliphatic heterocycles. The lowest BCUT2D eigenvalue weighted by atomic mass is 10.1. The zero-order valence-electron chi connectivity index (χ0n) is 12.4. The van der Waals surface area contributed by atoms with E-state index in [1.54, 1.807) is 12.4 Å². The van der Waals surface area contributed by atoms with Crippen LogP contribution < -0.4 is 5.32 Å². The third-order valence-electron chi connectivity index (χ3n) is 3.58. The van der Waals surface area contributed by atoms with Gasteiger partial charge in [0.05, 0.1) is 31.1 Å². The minimum absolute atomic E-state index is 0.0757. The molecule has 0 spiro atoms.